The summed E-state index contributed by atoms with van der Waals surface area (Å²) in [5, 5.41) is 19.0. The lowest BCUT2D eigenvalue weighted by molar-refractivity contribution is -0.384. The van der Waals surface area contributed by atoms with Crippen molar-refractivity contribution >= 4 is 28.9 Å². The molecule has 0 bridgehead atoms. The molecule has 0 saturated heterocycles. The summed E-state index contributed by atoms with van der Waals surface area (Å²) in [6, 6.07) is 14.0. The van der Waals surface area contributed by atoms with Crippen molar-refractivity contribution in [3.63, 3.8) is 0 Å². The number of carbonyl (C=O) groups is 1. The molecule has 0 atom stereocenters. The number of anilines is 1. The first kappa shape index (κ1) is 23.8. The van der Waals surface area contributed by atoms with E-state index in [0.29, 0.717) is 34.5 Å². The van der Waals surface area contributed by atoms with Crippen LogP contribution in [0.15, 0.2) is 59.0 Å². The maximum atomic E-state index is 12.8. The predicted octanol–water partition coefficient (Wildman–Crippen LogP) is 5.76. The highest BCUT2D eigenvalue weighted by atomic mass is 35.5. The molecule has 0 aliphatic heterocycles. The fourth-order valence-electron chi connectivity index (χ4n) is 3.40. The van der Waals surface area contributed by atoms with Gasteiger partial charge in [0, 0.05) is 12.1 Å². The number of hydrogen-bond acceptors (Lipinski definition) is 7. The Morgan fingerprint density at radius 1 is 1.17 bits per heavy atom. The molecule has 4 aromatic rings. The smallest absolute Gasteiger partial charge is 0.291 e. The van der Waals surface area contributed by atoms with Crippen LogP contribution in [0.25, 0.3) is 0 Å². The third-order valence-electron chi connectivity index (χ3n) is 5.14. The van der Waals surface area contributed by atoms with Gasteiger partial charge in [0.15, 0.2) is 17.3 Å². The normalized spacial score (nSPS) is 10.7. The number of non-ortho nitro benzene ring substituents is 1. The number of nitro benzene ring substituents is 1. The molecule has 1 N–H and O–H groups in total. The summed E-state index contributed by atoms with van der Waals surface area (Å²) in [7, 11) is 1.49. The molecular formula is C24H21ClN4O6. The molecule has 0 spiro atoms. The van der Waals surface area contributed by atoms with E-state index in [2.05, 4.69) is 10.4 Å². The topological polar surface area (TPSA) is 122 Å². The number of rotatable bonds is 8. The molecule has 0 aliphatic carbocycles. The van der Waals surface area contributed by atoms with E-state index in [1.165, 1.54) is 31.4 Å². The summed E-state index contributed by atoms with van der Waals surface area (Å²) in [5.74, 6) is 0.930. The first-order valence-electron chi connectivity index (χ1n) is 10.4. The highest BCUT2D eigenvalue weighted by Gasteiger charge is 2.18. The first-order valence-corrected chi connectivity index (χ1v) is 10.8. The number of halogens is 1. The SMILES string of the molecule is COc1ccccc1Oc1cc(NC(=O)c2ccc(Cn3nc(C)c(Cl)c3C)o2)cc([N+](=O)[O-])c1. The lowest BCUT2D eigenvalue weighted by Gasteiger charge is -2.11. The fourth-order valence-corrected chi connectivity index (χ4v) is 3.54. The number of nitrogens with one attached hydrogen (secondary N) is 1. The van der Waals surface area contributed by atoms with E-state index in [0.717, 1.165) is 5.69 Å². The Labute approximate surface area is 205 Å². The molecular weight excluding hydrogens is 476 g/mol. The number of ether oxygens (including phenoxy) is 2. The summed E-state index contributed by atoms with van der Waals surface area (Å²) in [5.41, 5.74) is 1.39. The van der Waals surface area contributed by atoms with Crippen molar-refractivity contribution < 1.29 is 23.6 Å². The molecule has 2 aromatic heterocycles. The van der Waals surface area contributed by atoms with E-state index in [4.69, 9.17) is 25.5 Å². The molecule has 0 fully saturated rings. The molecule has 180 valence electrons. The minimum Gasteiger partial charge on any atom is -0.493 e. The third-order valence-corrected chi connectivity index (χ3v) is 5.69. The second-order valence-corrected chi connectivity index (χ2v) is 7.97. The summed E-state index contributed by atoms with van der Waals surface area (Å²) in [6.45, 7) is 3.93. The van der Waals surface area contributed by atoms with Crippen molar-refractivity contribution in [2.24, 2.45) is 0 Å². The second kappa shape index (κ2) is 9.90. The van der Waals surface area contributed by atoms with Gasteiger partial charge in [-0.3, -0.25) is 19.6 Å². The molecule has 10 nitrogen and oxygen atoms in total. The van der Waals surface area contributed by atoms with E-state index in [1.807, 2.05) is 6.92 Å². The van der Waals surface area contributed by atoms with Gasteiger partial charge in [0.25, 0.3) is 11.6 Å². The summed E-state index contributed by atoms with van der Waals surface area (Å²) in [6.07, 6.45) is 0. The predicted molar refractivity (Wildman–Crippen MR) is 129 cm³/mol. The summed E-state index contributed by atoms with van der Waals surface area (Å²) in [4.78, 5) is 23.6. The number of hydrogen-bond donors (Lipinski definition) is 1. The van der Waals surface area contributed by atoms with Crippen molar-refractivity contribution in [2.45, 2.75) is 20.4 Å². The van der Waals surface area contributed by atoms with E-state index in [1.54, 1.807) is 41.9 Å². The van der Waals surface area contributed by atoms with Gasteiger partial charge in [0.2, 0.25) is 0 Å². The summed E-state index contributed by atoms with van der Waals surface area (Å²) >= 11 is 6.18. The van der Waals surface area contributed by atoms with Crippen molar-refractivity contribution in [1.82, 2.24) is 9.78 Å². The average Bonchev–Trinajstić information content (AvgIpc) is 3.40. The molecule has 35 heavy (non-hydrogen) atoms. The second-order valence-electron chi connectivity index (χ2n) is 7.59. The van der Waals surface area contributed by atoms with Crippen LogP contribution in [-0.2, 0) is 6.54 Å². The first-order chi connectivity index (χ1) is 16.7. The van der Waals surface area contributed by atoms with E-state index < -0.39 is 10.8 Å². The van der Waals surface area contributed by atoms with Crippen LogP contribution in [0.4, 0.5) is 11.4 Å². The van der Waals surface area contributed by atoms with Gasteiger partial charge in [-0.1, -0.05) is 23.7 Å². The molecule has 4 rings (SSSR count). The molecule has 11 heteroatoms. The number of nitro groups is 1. The highest BCUT2D eigenvalue weighted by Crippen LogP contribution is 2.34. The Kier molecular flexibility index (Phi) is 6.74. The van der Waals surface area contributed by atoms with Gasteiger partial charge >= 0.3 is 0 Å². The number of benzene rings is 2. The molecule has 0 radical (unpaired) electrons. The van der Waals surface area contributed by atoms with E-state index in [9.17, 15) is 14.9 Å². The molecule has 2 aromatic carbocycles. The minimum atomic E-state index is -0.577. The number of amides is 1. The minimum absolute atomic E-state index is 0.0336. The Bertz CT molecular complexity index is 1410. The van der Waals surface area contributed by atoms with Crippen LogP contribution in [0.2, 0.25) is 5.02 Å². The molecule has 2 heterocycles. The van der Waals surface area contributed by atoms with Gasteiger partial charge in [-0.25, -0.2) is 0 Å². The highest BCUT2D eigenvalue weighted by molar-refractivity contribution is 6.31. The van der Waals surface area contributed by atoms with Crippen molar-refractivity contribution in [3.05, 3.63) is 92.6 Å². The zero-order valence-corrected chi connectivity index (χ0v) is 19.8. The van der Waals surface area contributed by atoms with Crippen LogP contribution in [-0.4, -0.2) is 27.7 Å². The van der Waals surface area contributed by atoms with Crippen molar-refractivity contribution in [2.75, 3.05) is 12.4 Å². The quantitative estimate of drug-likeness (QED) is 0.243. The van der Waals surface area contributed by atoms with E-state index >= 15 is 0 Å². The Morgan fingerprint density at radius 2 is 1.91 bits per heavy atom. The van der Waals surface area contributed by atoms with Gasteiger partial charge in [0.05, 0.1) is 46.7 Å². The largest absolute Gasteiger partial charge is 0.493 e. The molecule has 0 unspecified atom stereocenters. The number of para-hydroxylation sites is 2. The van der Waals surface area contributed by atoms with E-state index in [-0.39, 0.29) is 22.9 Å². The molecule has 1 amide bonds. The Hall–Kier alpha value is -4.31. The van der Waals surface area contributed by atoms with Gasteiger partial charge in [-0.15, -0.1) is 0 Å². The number of carbonyl (C=O) groups excluding carboxylic acids is 1. The standard InChI is InChI=1S/C24H21ClN4O6/c1-14-23(25)15(2)28(27-14)13-18-8-9-22(34-18)24(30)26-16-10-17(29(31)32)12-19(11-16)35-21-7-5-4-6-20(21)33-3/h4-12H,13H2,1-3H3,(H,26,30). The average molecular weight is 497 g/mol. The number of furan rings is 1. The maximum absolute atomic E-state index is 12.8. The Balaban J connectivity index is 1.54. The number of methoxy groups -OCH3 is 1. The fraction of sp³-hybridized carbons (Fsp3) is 0.167. The van der Waals surface area contributed by atoms with Gasteiger partial charge in [-0.2, -0.15) is 5.10 Å². The molecule has 0 aliphatic rings. The lowest BCUT2D eigenvalue weighted by Crippen LogP contribution is -2.11. The van der Waals surface area contributed by atoms with Gasteiger partial charge in [0.1, 0.15) is 11.5 Å². The van der Waals surface area contributed by atoms with Crippen LogP contribution >= 0.6 is 11.6 Å². The zero-order valence-electron chi connectivity index (χ0n) is 19.1. The summed E-state index contributed by atoms with van der Waals surface area (Å²) < 4.78 is 18.4. The monoisotopic (exact) mass is 496 g/mol. The number of nitrogens with zero attached hydrogens (tertiary/aromatic N) is 3. The van der Waals surface area contributed by atoms with Crippen LogP contribution in [0.1, 0.15) is 27.7 Å². The third kappa shape index (κ3) is 5.28. The molecule has 0 saturated carbocycles. The maximum Gasteiger partial charge on any atom is 0.291 e. The van der Waals surface area contributed by atoms with Crippen LogP contribution in [0, 0.1) is 24.0 Å². The van der Waals surface area contributed by atoms with Crippen LogP contribution < -0.4 is 14.8 Å². The zero-order chi connectivity index (χ0) is 25.1. The van der Waals surface area contributed by atoms with Crippen molar-refractivity contribution in [3.8, 4) is 17.2 Å². The van der Waals surface area contributed by atoms with Crippen molar-refractivity contribution in [1.29, 1.82) is 0 Å². The van der Waals surface area contributed by atoms with Crippen LogP contribution in [0.3, 0.4) is 0 Å². The van der Waals surface area contributed by atoms with Crippen LogP contribution in [0.5, 0.6) is 17.2 Å². The number of aryl methyl sites for hydroxylation is 1. The van der Waals surface area contributed by atoms with Gasteiger partial charge in [-0.05, 0) is 38.1 Å². The number of aromatic nitrogens is 2. The Morgan fingerprint density at radius 3 is 2.57 bits per heavy atom. The van der Waals surface area contributed by atoms with Gasteiger partial charge < -0.3 is 19.2 Å². The lowest BCUT2D eigenvalue weighted by atomic mass is 10.2.